The number of aliphatic hydroxyl groups is 1. The van der Waals surface area contributed by atoms with Gasteiger partial charge in [0.15, 0.2) is 5.78 Å². The lowest BCUT2D eigenvalue weighted by atomic mass is 9.54. The van der Waals surface area contributed by atoms with E-state index in [-0.39, 0.29) is 24.5 Å². The third kappa shape index (κ3) is 3.31. The van der Waals surface area contributed by atoms with Crippen LogP contribution < -0.4 is 0 Å². The molecule has 2 saturated carbocycles. The van der Waals surface area contributed by atoms with Gasteiger partial charge in [0.1, 0.15) is 18.3 Å². The monoisotopic (exact) mass is 588 g/mol. The second kappa shape index (κ2) is 8.68. The second-order valence-corrected chi connectivity index (χ2v) is 14.8. The fraction of sp³-hybridized carbons (Fsp3) is 0.600. The van der Waals surface area contributed by atoms with Gasteiger partial charge in [-0.2, -0.15) is 0 Å². The van der Waals surface area contributed by atoms with Crippen LogP contribution in [0, 0.1) is 39.9 Å². The Kier molecular flexibility index (Phi) is 5.75. The summed E-state index contributed by atoms with van der Waals surface area (Å²) in [5, 5.41) is 12.3. The molecule has 8 heteroatoms. The highest BCUT2D eigenvalue weighted by atomic mass is 16.6. The van der Waals surface area contributed by atoms with Crippen molar-refractivity contribution in [2.24, 2.45) is 39.9 Å². The van der Waals surface area contributed by atoms with Crippen LogP contribution in [0.4, 0.5) is 0 Å². The van der Waals surface area contributed by atoms with E-state index in [0.29, 0.717) is 24.0 Å². The second-order valence-electron chi connectivity index (χ2n) is 14.8. The van der Waals surface area contributed by atoms with E-state index >= 15 is 0 Å². The molecule has 11 atom stereocenters. The molecular weight excluding hydrogens is 548 g/mol. The number of ketones is 1. The summed E-state index contributed by atoms with van der Waals surface area (Å²) in [7, 11) is 0. The Morgan fingerprint density at radius 2 is 1.84 bits per heavy atom. The summed E-state index contributed by atoms with van der Waals surface area (Å²) >= 11 is 0. The van der Waals surface area contributed by atoms with Gasteiger partial charge in [-0.15, -0.1) is 0 Å². The van der Waals surface area contributed by atoms with E-state index in [1.165, 1.54) is 6.08 Å². The largest absolute Gasteiger partial charge is 0.460 e. The summed E-state index contributed by atoms with van der Waals surface area (Å²) in [4.78, 5) is 54.0. The third-order valence-electron chi connectivity index (χ3n) is 12.4. The van der Waals surface area contributed by atoms with Crippen molar-refractivity contribution in [3.05, 3.63) is 58.7 Å². The van der Waals surface area contributed by atoms with Crippen molar-refractivity contribution in [3.8, 4) is 0 Å². The van der Waals surface area contributed by atoms with Crippen LogP contribution in [-0.2, 0) is 33.4 Å². The molecule has 1 N–H and O–H groups in total. The fourth-order valence-electron chi connectivity index (χ4n) is 10.6. The Hall–Kier alpha value is -3.26. The maximum atomic E-state index is 14.7. The Morgan fingerprint density at radius 1 is 1.12 bits per heavy atom. The first kappa shape index (κ1) is 28.5. The topological polar surface area (TPSA) is 116 Å². The SMILES string of the molecule is C=C1C(=O)O[C@H]2[C@@H]3[C@@]4(C=C[C@@]3(C)[C@@]3(C4)C(=O)O[C@H]4[C@H]5C(C)=CC(=O)C5=C(C)C[C@H](OC(=O)C=C(C)C)[C@H]43)[C@](C)(O)CC[C@@H]12. The molecule has 0 aromatic heterocycles. The van der Waals surface area contributed by atoms with Crippen molar-refractivity contribution in [1.82, 2.24) is 0 Å². The van der Waals surface area contributed by atoms with Gasteiger partial charge in [0.25, 0.3) is 0 Å². The fourth-order valence-corrected chi connectivity index (χ4v) is 10.6. The molecule has 43 heavy (non-hydrogen) atoms. The van der Waals surface area contributed by atoms with Gasteiger partial charge in [-0.1, -0.05) is 42.4 Å². The Morgan fingerprint density at radius 3 is 2.53 bits per heavy atom. The normalized spacial score (nSPS) is 47.3. The summed E-state index contributed by atoms with van der Waals surface area (Å²) < 4.78 is 18.7. The van der Waals surface area contributed by atoms with Gasteiger partial charge in [0, 0.05) is 52.2 Å². The minimum atomic E-state index is -1.22. The van der Waals surface area contributed by atoms with Gasteiger partial charge in [-0.3, -0.25) is 9.59 Å². The zero-order valence-electron chi connectivity index (χ0n) is 25.7. The number of fused-ring (bicyclic) bond motifs is 6. The van der Waals surface area contributed by atoms with Crippen LogP contribution in [0.2, 0.25) is 0 Å². The van der Waals surface area contributed by atoms with Crippen molar-refractivity contribution < 1.29 is 38.5 Å². The van der Waals surface area contributed by atoms with Gasteiger partial charge in [-0.25, -0.2) is 9.59 Å². The van der Waals surface area contributed by atoms with E-state index in [4.69, 9.17) is 14.2 Å². The van der Waals surface area contributed by atoms with Gasteiger partial charge in [0.05, 0.1) is 16.9 Å². The lowest BCUT2D eigenvalue weighted by molar-refractivity contribution is -0.159. The van der Waals surface area contributed by atoms with Crippen LogP contribution >= 0.6 is 0 Å². The van der Waals surface area contributed by atoms with Crippen molar-refractivity contribution in [1.29, 1.82) is 0 Å². The van der Waals surface area contributed by atoms with Crippen LogP contribution in [0.15, 0.2) is 58.7 Å². The number of rotatable bonds is 2. The number of carbonyl (C=O) groups excluding carboxylic acids is 4. The van der Waals surface area contributed by atoms with E-state index < -0.39 is 75.8 Å². The molecule has 4 fully saturated rings. The van der Waals surface area contributed by atoms with Gasteiger partial charge < -0.3 is 19.3 Å². The molecule has 0 aromatic rings. The van der Waals surface area contributed by atoms with Crippen molar-refractivity contribution in [3.63, 3.8) is 0 Å². The predicted octanol–water partition coefficient (Wildman–Crippen LogP) is 4.48. The lowest BCUT2D eigenvalue weighted by Gasteiger charge is -2.46. The molecule has 1 spiro atoms. The predicted molar refractivity (Wildman–Crippen MR) is 155 cm³/mol. The van der Waals surface area contributed by atoms with Crippen LogP contribution in [-0.4, -0.2) is 52.7 Å². The molecule has 2 bridgehead atoms. The highest BCUT2D eigenvalue weighted by Crippen LogP contribution is 2.80. The molecule has 0 aromatic carbocycles. The first-order chi connectivity index (χ1) is 20.1. The van der Waals surface area contributed by atoms with E-state index in [0.717, 1.165) is 16.7 Å². The molecule has 2 heterocycles. The molecule has 8 nitrogen and oxygen atoms in total. The summed E-state index contributed by atoms with van der Waals surface area (Å²) in [6, 6.07) is 0. The maximum Gasteiger partial charge on any atom is 0.334 e. The minimum Gasteiger partial charge on any atom is -0.460 e. The molecule has 228 valence electrons. The quantitative estimate of drug-likeness (QED) is 0.217. The summed E-state index contributed by atoms with van der Waals surface area (Å²) in [5.41, 5.74) is -0.796. The van der Waals surface area contributed by atoms with Crippen LogP contribution in [0.1, 0.15) is 67.2 Å². The first-order valence-corrected chi connectivity index (χ1v) is 15.4. The van der Waals surface area contributed by atoms with Gasteiger partial charge >= 0.3 is 17.9 Å². The van der Waals surface area contributed by atoms with Crippen molar-refractivity contribution in [2.75, 3.05) is 0 Å². The van der Waals surface area contributed by atoms with E-state index in [9.17, 15) is 24.3 Å². The molecule has 5 aliphatic carbocycles. The lowest BCUT2D eigenvalue weighted by Crippen LogP contribution is -2.53. The highest BCUT2D eigenvalue weighted by molar-refractivity contribution is 6.09. The number of carbonyl (C=O) groups is 4. The van der Waals surface area contributed by atoms with Crippen LogP contribution in [0.5, 0.6) is 0 Å². The molecule has 2 aliphatic heterocycles. The molecular formula is C35H40O8. The number of hydrogen-bond acceptors (Lipinski definition) is 8. The van der Waals surface area contributed by atoms with Crippen molar-refractivity contribution in [2.45, 2.75) is 91.1 Å². The highest BCUT2D eigenvalue weighted by Gasteiger charge is 2.84. The minimum absolute atomic E-state index is 0.100. The average Bonchev–Trinajstić information content (AvgIpc) is 3.57. The summed E-state index contributed by atoms with van der Waals surface area (Å²) in [6.45, 7) is 15.3. The number of ether oxygens (including phenoxy) is 3. The number of esters is 3. The molecule has 7 aliphatic rings. The van der Waals surface area contributed by atoms with E-state index in [2.05, 4.69) is 6.58 Å². The molecule has 0 amide bonds. The molecule has 2 saturated heterocycles. The summed E-state index contributed by atoms with van der Waals surface area (Å²) in [6.07, 6.45) is 6.57. The van der Waals surface area contributed by atoms with Crippen LogP contribution in [0.3, 0.4) is 0 Å². The smallest absolute Gasteiger partial charge is 0.334 e. The van der Waals surface area contributed by atoms with Gasteiger partial charge in [0.2, 0.25) is 0 Å². The molecule has 0 radical (unpaired) electrons. The average molecular weight is 589 g/mol. The zero-order chi connectivity index (χ0) is 31.0. The standard InChI is InChI=1S/C35H40O8/c1-16(2)12-23(37)41-22-14-18(4)24-21(36)13-17(3)25(24)28-26(22)35(31(39)43-28)15-34-11-10-32(35,6)29(34)27-20(8-9-33(34,7)40)19(5)30(38)42-27/h10-13,20,22,25-29,40H,5,8-9,14-15H2,1-4,6-7H3/t20-,22-,25-,26+,27+,28-,29-,32+,33+,34-,35+/m0/s1. The first-order valence-electron chi connectivity index (χ1n) is 15.4. The molecule has 0 unspecified atom stereocenters. The van der Waals surface area contributed by atoms with Crippen molar-refractivity contribution >= 4 is 23.7 Å². The Bertz CT molecular complexity index is 1540. The Balaban J connectivity index is 1.44. The maximum absolute atomic E-state index is 14.7. The van der Waals surface area contributed by atoms with E-state index in [1.54, 1.807) is 6.08 Å². The van der Waals surface area contributed by atoms with Gasteiger partial charge in [-0.05, 0) is 60.0 Å². The Labute approximate surface area is 251 Å². The van der Waals surface area contributed by atoms with E-state index in [1.807, 2.05) is 53.7 Å². The zero-order valence-corrected chi connectivity index (χ0v) is 25.7. The van der Waals surface area contributed by atoms with Crippen LogP contribution in [0.25, 0.3) is 0 Å². The third-order valence-corrected chi connectivity index (χ3v) is 12.4. The number of allylic oxidation sites excluding steroid dienone is 3. The number of hydrogen-bond donors (Lipinski definition) is 1. The molecule has 7 rings (SSSR count). The summed E-state index contributed by atoms with van der Waals surface area (Å²) in [5.74, 6) is -3.21.